The number of hydrogen-bond acceptors (Lipinski definition) is 4. The van der Waals surface area contributed by atoms with Gasteiger partial charge in [-0.2, -0.15) is 5.26 Å². The summed E-state index contributed by atoms with van der Waals surface area (Å²) in [4.78, 5) is 27.2. The second-order valence-corrected chi connectivity index (χ2v) is 6.39. The Morgan fingerprint density at radius 2 is 2.40 bits per heavy atom. The van der Waals surface area contributed by atoms with Gasteiger partial charge in [-0.15, -0.1) is 11.3 Å². The molecule has 1 spiro atoms. The van der Waals surface area contributed by atoms with Crippen molar-refractivity contribution < 1.29 is 9.59 Å². The molecule has 104 valence electrons. The number of carbonyl (C=O) groups is 2. The fraction of sp³-hybridized carbons (Fsp3) is 0.500. The Hall–Kier alpha value is -1.87. The second kappa shape index (κ2) is 4.60. The van der Waals surface area contributed by atoms with Gasteiger partial charge in [0.05, 0.1) is 12.0 Å². The van der Waals surface area contributed by atoms with Crippen LogP contribution in [0.1, 0.15) is 30.2 Å². The smallest absolute Gasteiger partial charge is 0.319 e. The Labute approximate surface area is 121 Å². The van der Waals surface area contributed by atoms with Crippen LogP contribution in [0.3, 0.4) is 0 Å². The Bertz CT molecular complexity index is 618. The minimum atomic E-state index is -0.889. The van der Waals surface area contributed by atoms with Gasteiger partial charge in [-0.3, -0.25) is 9.69 Å². The lowest BCUT2D eigenvalue weighted by atomic mass is 9.80. The minimum absolute atomic E-state index is 0.155. The van der Waals surface area contributed by atoms with Crippen LogP contribution in [0.4, 0.5) is 4.79 Å². The molecule has 1 N–H and O–H groups in total. The highest BCUT2D eigenvalue weighted by Crippen LogP contribution is 2.42. The molecule has 1 aromatic rings. The summed E-state index contributed by atoms with van der Waals surface area (Å²) in [6, 6.07) is 3.63. The van der Waals surface area contributed by atoms with Crippen molar-refractivity contribution in [2.75, 3.05) is 6.54 Å². The first-order valence-corrected chi connectivity index (χ1v) is 7.57. The molecule has 2 atom stereocenters. The standard InChI is InChI=1S/C14H15N3O2S/c1-9(7-15)8-17-12(18)14(16-13(17)19)5-2-3-11-10(14)4-6-20-11/h4,6,9H,2-3,5,8H2,1H3,(H,16,19)/t9-,14+/m1/s1. The van der Waals surface area contributed by atoms with Gasteiger partial charge in [0.1, 0.15) is 5.54 Å². The van der Waals surface area contributed by atoms with Crippen LogP contribution in [0.15, 0.2) is 11.4 Å². The predicted octanol–water partition coefficient (Wildman–Crippen LogP) is 1.99. The van der Waals surface area contributed by atoms with E-state index in [9.17, 15) is 9.59 Å². The van der Waals surface area contributed by atoms with Crippen molar-refractivity contribution in [1.29, 1.82) is 5.26 Å². The zero-order chi connectivity index (χ0) is 14.3. The number of carbonyl (C=O) groups excluding carboxylic acids is 2. The Balaban J connectivity index is 1.97. The highest BCUT2D eigenvalue weighted by atomic mass is 32.1. The molecule has 5 nitrogen and oxygen atoms in total. The molecular formula is C14H15N3O2S. The maximum absolute atomic E-state index is 12.7. The summed E-state index contributed by atoms with van der Waals surface area (Å²) in [5.74, 6) is -0.561. The van der Waals surface area contributed by atoms with E-state index in [2.05, 4.69) is 11.4 Å². The number of fused-ring (bicyclic) bond motifs is 2. The third-order valence-electron chi connectivity index (χ3n) is 4.01. The molecule has 1 aliphatic carbocycles. The number of aryl methyl sites for hydroxylation is 1. The fourth-order valence-electron chi connectivity index (χ4n) is 3.02. The number of hydrogen-bond donors (Lipinski definition) is 1. The summed E-state index contributed by atoms with van der Waals surface area (Å²) >= 11 is 1.63. The van der Waals surface area contributed by atoms with Gasteiger partial charge in [0.15, 0.2) is 0 Å². The van der Waals surface area contributed by atoms with Crippen molar-refractivity contribution in [2.24, 2.45) is 5.92 Å². The van der Waals surface area contributed by atoms with Crippen molar-refractivity contribution >= 4 is 23.3 Å². The summed E-state index contributed by atoms with van der Waals surface area (Å²) in [6.07, 6.45) is 2.49. The molecule has 1 fully saturated rings. The van der Waals surface area contributed by atoms with Gasteiger partial charge >= 0.3 is 6.03 Å². The van der Waals surface area contributed by atoms with Crippen molar-refractivity contribution in [3.05, 3.63) is 21.9 Å². The molecule has 20 heavy (non-hydrogen) atoms. The molecule has 6 heteroatoms. The first kappa shape index (κ1) is 13.1. The number of nitriles is 1. The first-order chi connectivity index (χ1) is 9.58. The van der Waals surface area contributed by atoms with Gasteiger partial charge in [0.25, 0.3) is 5.91 Å². The van der Waals surface area contributed by atoms with E-state index in [1.54, 1.807) is 18.3 Å². The third-order valence-corrected chi connectivity index (χ3v) is 4.99. The highest BCUT2D eigenvalue weighted by molar-refractivity contribution is 7.10. The monoisotopic (exact) mass is 289 g/mol. The van der Waals surface area contributed by atoms with Gasteiger partial charge in [-0.1, -0.05) is 0 Å². The molecule has 0 saturated carbocycles. The number of imide groups is 1. The molecule has 3 amide bonds. The predicted molar refractivity (Wildman–Crippen MR) is 74.0 cm³/mol. The summed E-state index contributed by atoms with van der Waals surface area (Å²) in [7, 11) is 0. The summed E-state index contributed by atoms with van der Waals surface area (Å²) < 4.78 is 0. The van der Waals surface area contributed by atoms with E-state index in [1.165, 1.54) is 9.78 Å². The molecule has 2 aliphatic rings. The number of rotatable bonds is 2. The van der Waals surface area contributed by atoms with E-state index >= 15 is 0 Å². The molecule has 1 aromatic heterocycles. The third kappa shape index (κ3) is 1.74. The lowest BCUT2D eigenvalue weighted by Crippen LogP contribution is -2.46. The van der Waals surface area contributed by atoms with Crippen LogP contribution in [0.2, 0.25) is 0 Å². The number of nitrogens with one attached hydrogen (secondary N) is 1. The number of thiophene rings is 1. The molecule has 0 unspecified atom stereocenters. The summed E-state index contributed by atoms with van der Waals surface area (Å²) in [5, 5.41) is 13.7. The van der Waals surface area contributed by atoms with Crippen LogP contribution in [0, 0.1) is 17.2 Å². The lowest BCUT2D eigenvalue weighted by molar-refractivity contribution is -0.132. The van der Waals surface area contributed by atoms with Crippen LogP contribution in [-0.4, -0.2) is 23.4 Å². The molecular weight excluding hydrogens is 274 g/mol. The highest BCUT2D eigenvalue weighted by Gasteiger charge is 2.54. The van der Waals surface area contributed by atoms with E-state index in [0.717, 1.165) is 18.4 Å². The molecule has 2 heterocycles. The largest absolute Gasteiger partial charge is 0.325 e. The quantitative estimate of drug-likeness (QED) is 0.846. The SMILES string of the molecule is C[C@H](C#N)CN1C(=O)N[C@]2(CCCc3sccc32)C1=O. The maximum atomic E-state index is 12.7. The second-order valence-electron chi connectivity index (χ2n) is 5.39. The summed E-state index contributed by atoms with van der Waals surface area (Å²) in [5.41, 5.74) is 0.0547. The zero-order valence-electron chi connectivity index (χ0n) is 11.2. The Morgan fingerprint density at radius 1 is 1.60 bits per heavy atom. The van der Waals surface area contributed by atoms with Crippen LogP contribution < -0.4 is 5.32 Å². The molecule has 1 saturated heterocycles. The molecule has 0 aromatic carbocycles. The van der Waals surface area contributed by atoms with Crippen molar-refractivity contribution in [1.82, 2.24) is 10.2 Å². The van der Waals surface area contributed by atoms with Crippen LogP contribution >= 0.6 is 11.3 Å². The van der Waals surface area contributed by atoms with Gasteiger partial charge < -0.3 is 5.32 Å². The number of urea groups is 1. The van der Waals surface area contributed by atoms with Gasteiger partial charge in [0, 0.05) is 17.0 Å². The van der Waals surface area contributed by atoms with Crippen molar-refractivity contribution in [3.8, 4) is 6.07 Å². The van der Waals surface area contributed by atoms with E-state index in [4.69, 9.17) is 5.26 Å². The molecule has 0 radical (unpaired) electrons. The van der Waals surface area contributed by atoms with E-state index in [-0.39, 0.29) is 24.4 Å². The molecule has 1 aliphatic heterocycles. The minimum Gasteiger partial charge on any atom is -0.319 e. The van der Waals surface area contributed by atoms with E-state index < -0.39 is 5.54 Å². The first-order valence-electron chi connectivity index (χ1n) is 6.69. The molecule has 3 rings (SSSR count). The topological polar surface area (TPSA) is 73.2 Å². The van der Waals surface area contributed by atoms with Gasteiger partial charge in [0.2, 0.25) is 0 Å². The normalized spacial score (nSPS) is 26.3. The Morgan fingerprint density at radius 3 is 3.15 bits per heavy atom. The van der Waals surface area contributed by atoms with E-state index in [1.807, 2.05) is 11.4 Å². The van der Waals surface area contributed by atoms with Crippen LogP contribution in [0.5, 0.6) is 0 Å². The maximum Gasteiger partial charge on any atom is 0.325 e. The van der Waals surface area contributed by atoms with Crippen LogP contribution in [-0.2, 0) is 16.8 Å². The average Bonchev–Trinajstić information content (AvgIpc) is 3.00. The van der Waals surface area contributed by atoms with Crippen LogP contribution in [0.25, 0.3) is 0 Å². The molecule has 0 bridgehead atoms. The van der Waals surface area contributed by atoms with Crippen molar-refractivity contribution in [2.45, 2.75) is 31.7 Å². The van der Waals surface area contributed by atoms with Gasteiger partial charge in [-0.05, 0) is 37.6 Å². The number of nitrogens with zero attached hydrogens (tertiary/aromatic N) is 2. The van der Waals surface area contributed by atoms with E-state index in [0.29, 0.717) is 6.42 Å². The fourth-order valence-corrected chi connectivity index (χ4v) is 4.02. The lowest BCUT2D eigenvalue weighted by Gasteiger charge is -2.31. The Kier molecular flexibility index (Phi) is 3.02. The van der Waals surface area contributed by atoms with Gasteiger partial charge in [-0.25, -0.2) is 4.79 Å². The zero-order valence-corrected chi connectivity index (χ0v) is 12.0. The summed E-state index contributed by atoms with van der Waals surface area (Å²) in [6.45, 7) is 1.87. The number of amides is 3. The average molecular weight is 289 g/mol. The van der Waals surface area contributed by atoms with Crippen molar-refractivity contribution in [3.63, 3.8) is 0 Å².